The van der Waals surface area contributed by atoms with Crippen molar-refractivity contribution in [3.8, 4) is 5.75 Å². The van der Waals surface area contributed by atoms with E-state index in [2.05, 4.69) is 15.2 Å². The van der Waals surface area contributed by atoms with Crippen molar-refractivity contribution in [3.63, 3.8) is 0 Å². The van der Waals surface area contributed by atoms with Gasteiger partial charge in [0.05, 0.1) is 6.61 Å². The van der Waals surface area contributed by atoms with Crippen molar-refractivity contribution in [1.82, 2.24) is 15.1 Å². The SMILES string of the molecule is CN=C(NCc1ccc(OCCOC)cc1)N1CCN(C(=O)C2CCCO2)CC1.I. The monoisotopic (exact) mass is 532 g/mol. The van der Waals surface area contributed by atoms with E-state index in [0.717, 1.165) is 43.2 Å². The van der Waals surface area contributed by atoms with E-state index in [9.17, 15) is 4.79 Å². The molecular formula is C21H33IN4O4. The van der Waals surface area contributed by atoms with Crippen molar-refractivity contribution < 1.29 is 19.0 Å². The summed E-state index contributed by atoms with van der Waals surface area (Å²) in [4.78, 5) is 21.0. The highest BCUT2D eigenvalue weighted by Gasteiger charge is 2.30. The molecule has 168 valence electrons. The molecule has 1 aromatic carbocycles. The molecule has 30 heavy (non-hydrogen) atoms. The number of carbonyl (C=O) groups is 1. The molecule has 0 saturated carbocycles. The van der Waals surface area contributed by atoms with E-state index in [-0.39, 0.29) is 36.0 Å². The van der Waals surface area contributed by atoms with Crippen LogP contribution in [0.2, 0.25) is 0 Å². The highest BCUT2D eigenvalue weighted by molar-refractivity contribution is 14.0. The smallest absolute Gasteiger partial charge is 0.251 e. The van der Waals surface area contributed by atoms with E-state index < -0.39 is 0 Å². The van der Waals surface area contributed by atoms with Crippen LogP contribution in [0.4, 0.5) is 0 Å². The number of aliphatic imine (C=N–C) groups is 1. The zero-order valence-corrected chi connectivity index (χ0v) is 20.2. The van der Waals surface area contributed by atoms with Gasteiger partial charge in [0.25, 0.3) is 5.91 Å². The lowest BCUT2D eigenvalue weighted by Gasteiger charge is -2.37. The minimum absolute atomic E-state index is 0. The summed E-state index contributed by atoms with van der Waals surface area (Å²) in [6.45, 7) is 5.44. The number of ether oxygens (including phenoxy) is 3. The highest BCUT2D eigenvalue weighted by Crippen LogP contribution is 2.16. The predicted octanol–water partition coefficient (Wildman–Crippen LogP) is 1.73. The van der Waals surface area contributed by atoms with Crippen LogP contribution in [0.1, 0.15) is 18.4 Å². The van der Waals surface area contributed by atoms with Gasteiger partial charge >= 0.3 is 0 Å². The molecule has 0 aromatic heterocycles. The van der Waals surface area contributed by atoms with E-state index in [1.54, 1.807) is 14.2 Å². The lowest BCUT2D eigenvalue weighted by atomic mass is 10.2. The third-order valence-electron chi connectivity index (χ3n) is 5.24. The number of nitrogens with one attached hydrogen (secondary N) is 1. The van der Waals surface area contributed by atoms with Crippen LogP contribution < -0.4 is 10.1 Å². The molecule has 2 saturated heterocycles. The van der Waals surface area contributed by atoms with Crippen LogP contribution in [-0.4, -0.2) is 87.9 Å². The molecule has 1 atom stereocenters. The van der Waals surface area contributed by atoms with Crippen LogP contribution in [-0.2, 0) is 20.8 Å². The quantitative estimate of drug-likeness (QED) is 0.250. The van der Waals surface area contributed by atoms with Gasteiger partial charge in [0.1, 0.15) is 18.5 Å². The Hall–Kier alpha value is -1.59. The number of amides is 1. The minimum Gasteiger partial charge on any atom is -0.491 e. The van der Waals surface area contributed by atoms with E-state index >= 15 is 0 Å². The molecule has 2 heterocycles. The molecule has 0 spiro atoms. The number of nitrogens with zero attached hydrogens (tertiary/aromatic N) is 3. The Morgan fingerprint density at radius 3 is 2.47 bits per heavy atom. The Labute approximate surface area is 196 Å². The second-order valence-corrected chi connectivity index (χ2v) is 7.20. The highest BCUT2D eigenvalue weighted by atomic mass is 127. The molecule has 0 bridgehead atoms. The molecule has 2 fully saturated rings. The molecule has 9 heteroatoms. The van der Waals surface area contributed by atoms with Crippen LogP contribution in [0.3, 0.4) is 0 Å². The first-order chi connectivity index (χ1) is 14.2. The second-order valence-electron chi connectivity index (χ2n) is 7.20. The van der Waals surface area contributed by atoms with Gasteiger partial charge in [0.15, 0.2) is 5.96 Å². The normalized spacial score (nSPS) is 19.4. The Kier molecular flexibility index (Phi) is 10.7. The average Bonchev–Trinajstić information content (AvgIpc) is 3.30. The number of piperazine rings is 1. The molecule has 2 aliphatic heterocycles. The number of rotatable bonds is 7. The topological polar surface area (TPSA) is 75.6 Å². The number of guanidine groups is 1. The number of carbonyl (C=O) groups excluding carboxylic acids is 1. The molecule has 1 N–H and O–H groups in total. The maximum absolute atomic E-state index is 12.5. The van der Waals surface area contributed by atoms with Crippen LogP contribution in [0.15, 0.2) is 29.3 Å². The second kappa shape index (κ2) is 13.0. The summed E-state index contributed by atoms with van der Waals surface area (Å²) in [5.41, 5.74) is 1.15. The summed E-state index contributed by atoms with van der Waals surface area (Å²) in [7, 11) is 3.45. The Morgan fingerprint density at radius 1 is 1.17 bits per heavy atom. The van der Waals surface area contributed by atoms with Crippen LogP contribution in [0.5, 0.6) is 5.75 Å². The van der Waals surface area contributed by atoms with Crippen LogP contribution in [0, 0.1) is 0 Å². The Balaban J connectivity index is 0.00000320. The first kappa shape index (κ1) is 24.7. The molecule has 1 amide bonds. The fraction of sp³-hybridized carbons (Fsp3) is 0.619. The lowest BCUT2D eigenvalue weighted by molar-refractivity contribution is -0.142. The van der Waals surface area contributed by atoms with Crippen molar-refractivity contribution in [3.05, 3.63) is 29.8 Å². The van der Waals surface area contributed by atoms with E-state index in [1.807, 2.05) is 29.2 Å². The summed E-state index contributed by atoms with van der Waals surface area (Å²) in [5.74, 6) is 1.83. The number of hydrogen-bond donors (Lipinski definition) is 1. The molecule has 0 aliphatic carbocycles. The van der Waals surface area contributed by atoms with Crippen molar-refractivity contribution in [2.75, 3.05) is 60.2 Å². The summed E-state index contributed by atoms with van der Waals surface area (Å²) in [6.07, 6.45) is 1.59. The summed E-state index contributed by atoms with van der Waals surface area (Å²) in [6, 6.07) is 8.01. The average molecular weight is 532 g/mol. The summed E-state index contributed by atoms with van der Waals surface area (Å²) < 4.78 is 16.1. The molecular weight excluding hydrogens is 499 g/mol. The standard InChI is InChI=1S/C21H32N4O4.HI/c1-22-21(23-16-17-5-7-18(8-6-17)28-15-14-27-2)25-11-9-24(10-12-25)20(26)19-4-3-13-29-19;/h5-8,19H,3-4,9-16H2,1-2H3,(H,22,23);1H. The van der Waals surface area contributed by atoms with Gasteiger partial charge in [-0.25, -0.2) is 0 Å². The number of benzene rings is 1. The largest absolute Gasteiger partial charge is 0.491 e. The fourth-order valence-electron chi connectivity index (χ4n) is 3.57. The van der Waals surface area contributed by atoms with Gasteiger partial charge < -0.3 is 29.3 Å². The molecule has 3 rings (SSSR count). The van der Waals surface area contributed by atoms with E-state index in [0.29, 0.717) is 39.5 Å². The van der Waals surface area contributed by atoms with Gasteiger partial charge in [-0.05, 0) is 30.5 Å². The Morgan fingerprint density at radius 2 is 1.87 bits per heavy atom. The molecule has 1 unspecified atom stereocenters. The van der Waals surface area contributed by atoms with Gasteiger partial charge in [-0.1, -0.05) is 12.1 Å². The van der Waals surface area contributed by atoms with Crippen molar-refractivity contribution in [1.29, 1.82) is 0 Å². The number of hydrogen-bond acceptors (Lipinski definition) is 5. The zero-order valence-electron chi connectivity index (χ0n) is 17.8. The summed E-state index contributed by atoms with van der Waals surface area (Å²) >= 11 is 0. The lowest BCUT2D eigenvalue weighted by Crippen LogP contribution is -2.55. The maximum Gasteiger partial charge on any atom is 0.251 e. The molecule has 8 nitrogen and oxygen atoms in total. The van der Waals surface area contributed by atoms with Crippen molar-refractivity contribution >= 4 is 35.8 Å². The zero-order chi connectivity index (χ0) is 20.5. The molecule has 2 aliphatic rings. The fourth-order valence-corrected chi connectivity index (χ4v) is 3.57. The Bertz CT molecular complexity index is 672. The first-order valence-electron chi connectivity index (χ1n) is 10.3. The number of halogens is 1. The predicted molar refractivity (Wildman–Crippen MR) is 127 cm³/mol. The maximum atomic E-state index is 12.5. The van der Waals surface area contributed by atoms with Crippen LogP contribution >= 0.6 is 24.0 Å². The van der Waals surface area contributed by atoms with Gasteiger partial charge in [-0.3, -0.25) is 9.79 Å². The first-order valence-corrected chi connectivity index (χ1v) is 10.3. The van der Waals surface area contributed by atoms with Gasteiger partial charge in [0, 0.05) is 53.5 Å². The van der Waals surface area contributed by atoms with E-state index in [1.165, 1.54) is 0 Å². The van der Waals surface area contributed by atoms with Gasteiger partial charge in [0.2, 0.25) is 0 Å². The van der Waals surface area contributed by atoms with Gasteiger partial charge in [-0.2, -0.15) is 0 Å². The van der Waals surface area contributed by atoms with Crippen LogP contribution in [0.25, 0.3) is 0 Å². The summed E-state index contributed by atoms with van der Waals surface area (Å²) in [5, 5.41) is 3.41. The van der Waals surface area contributed by atoms with Crippen molar-refractivity contribution in [2.24, 2.45) is 4.99 Å². The number of methoxy groups -OCH3 is 1. The van der Waals surface area contributed by atoms with Crippen molar-refractivity contribution in [2.45, 2.75) is 25.5 Å². The van der Waals surface area contributed by atoms with E-state index in [4.69, 9.17) is 14.2 Å². The molecule has 1 aromatic rings. The van der Waals surface area contributed by atoms with Gasteiger partial charge in [-0.15, -0.1) is 24.0 Å². The minimum atomic E-state index is -0.236. The third kappa shape index (κ3) is 6.98. The molecule has 0 radical (unpaired) electrons. The third-order valence-corrected chi connectivity index (χ3v) is 5.24.